The van der Waals surface area contributed by atoms with Gasteiger partial charge >= 0.3 is 0 Å². The number of benzene rings is 2. The van der Waals surface area contributed by atoms with Crippen molar-refractivity contribution in [1.82, 2.24) is 9.62 Å². The third-order valence-electron chi connectivity index (χ3n) is 4.56. The molecule has 2 atom stereocenters. The van der Waals surface area contributed by atoms with Gasteiger partial charge < -0.3 is 5.32 Å². The molecular formula is C19H21ClN2O3S. The molecule has 1 heterocycles. The zero-order chi connectivity index (χ0) is 18.7. The Kier molecular flexibility index (Phi) is 5.65. The maximum Gasteiger partial charge on any atom is 0.239 e. The Morgan fingerprint density at radius 2 is 1.73 bits per heavy atom. The zero-order valence-corrected chi connectivity index (χ0v) is 16.0. The first-order valence-corrected chi connectivity index (χ1v) is 10.7. The van der Waals surface area contributed by atoms with Crippen LogP contribution < -0.4 is 5.32 Å². The van der Waals surface area contributed by atoms with Gasteiger partial charge in [-0.1, -0.05) is 54.1 Å². The topological polar surface area (TPSA) is 66.5 Å². The molecule has 2 aromatic carbocycles. The van der Waals surface area contributed by atoms with Gasteiger partial charge in [-0.2, -0.15) is 4.31 Å². The molecule has 26 heavy (non-hydrogen) atoms. The van der Waals surface area contributed by atoms with E-state index in [0.717, 1.165) is 17.4 Å². The number of hydrogen-bond donors (Lipinski definition) is 1. The summed E-state index contributed by atoms with van der Waals surface area (Å²) >= 11 is 5.98. The first kappa shape index (κ1) is 18.9. The van der Waals surface area contributed by atoms with Gasteiger partial charge in [0.25, 0.3) is 0 Å². The monoisotopic (exact) mass is 392 g/mol. The highest BCUT2D eigenvalue weighted by atomic mass is 35.5. The largest absolute Gasteiger partial charge is 0.344 e. The van der Waals surface area contributed by atoms with Crippen LogP contribution in [0.1, 0.15) is 30.0 Å². The molecule has 1 aliphatic heterocycles. The summed E-state index contributed by atoms with van der Waals surface area (Å²) in [6.07, 6.45) is 2.36. The van der Waals surface area contributed by atoms with Crippen LogP contribution in [0.25, 0.3) is 0 Å². The average molecular weight is 393 g/mol. The van der Waals surface area contributed by atoms with Crippen LogP contribution in [0, 0.1) is 0 Å². The molecule has 3 rings (SSSR count). The highest BCUT2D eigenvalue weighted by Gasteiger charge is 2.37. The van der Waals surface area contributed by atoms with E-state index in [1.54, 1.807) is 12.1 Å². The van der Waals surface area contributed by atoms with E-state index in [2.05, 4.69) is 5.32 Å². The van der Waals surface area contributed by atoms with Crippen molar-refractivity contribution in [2.45, 2.75) is 24.9 Å². The molecule has 2 unspecified atom stereocenters. The van der Waals surface area contributed by atoms with Crippen LogP contribution >= 0.6 is 11.6 Å². The lowest BCUT2D eigenvalue weighted by molar-refractivity contribution is -0.124. The van der Waals surface area contributed by atoms with Crippen LogP contribution in [0.15, 0.2) is 54.6 Å². The number of amides is 1. The van der Waals surface area contributed by atoms with Gasteiger partial charge in [0.2, 0.25) is 15.9 Å². The van der Waals surface area contributed by atoms with E-state index >= 15 is 0 Å². The van der Waals surface area contributed by atoms with E-state index < -0.39 is 16.1 Å². The van der Waals surface area contributed by atoms with Crippen molar-refractivity contribution in [3.05, 3.63) is 70.7 Å². The highest BCUT2D eigenvalue weighted by molar-refractivity contribution is 7.88. The summed E-state index contributed by atoms with van der Waals surface area (Å²) in [7, 11) is -3.41. The van der Waals surface area contributed by atoms with Crippen LogP contribution in [0.2, 0.25) is 5.02 Å². The number of rotatable bonds is 5. The Morgan fingerprint density at radius 1 is 1.12 bits per heavy atom. The maximum absolute atomic E-state index is 12.9. The summed E-state index contributed by atoms with van der Waals surface area (Å²) in [5.41, 5.74) is 1.81. The minimum atomic E-state index is -3.41. The predicted octanol–water partition coefficient (Wildman–Crippen LogP) is 2.97. The molecule has 0 radical (unpaired) electrons. The van der Waals surface area contributed by atoms with Crippen molar-refractivity contribution in [3.63, 3.8) is 0 Å². The normalized spacial score (nSPS) is 19.2. The van der Waals surface area contributed by atoms with Crippen LogP contribution in [-0.2, 0) is 14.8 Å². The number of hydrogen-bond acceptors (Lipinski definition) is 3. The molecule has 2 aromatic rings. The Morgan fingerprint density at radius 3 is 2.35 bits per heavy atom. The quantitative estimate of drug-likeness (QED) is 0.850. The van der Waals surface area contributed by atoms with Crippen molar-refractivity contribution in [1.29, 1.82) is 0 Å². The number of carbonyl (C=O) groups is 1. The van der Waals surface area contributed by atoms with E-state index in [1.165, 1.54) is 4.31 Å². The second-order valence-corrected chi connectivity index (χ2v) is 8.81. The lowest BCUT2D eigenvalue weighted by Gasteiger charge is -2.25. The Hall–Kier alpha value is -1.89. The molecule has 0 spiro atoms. The number of sulfonamides is 1. The van der Waals surface area contributed by atoms with Crippen molar-refractivity contribution >= 4 is 27.5 Å². The van der Waals surface area contributed by atoms with E-state index in [9.17, 15) is 13.2 Å². The van der Waals surface area contributed by atoms with Crippen molar-refractivity contribution < 1.29 is 13.2 Å². The van der Waals surface area contributed by atoms with E-state index in [-0.39, 0.29) is 11.9 Å². The van der Waals surface area contributed by atoms with E-state index in [4.69, 9.17) is 11.6 Å². The Bertz CT molecular complexity index is 869. The molecule has 7 heteroatoms. The summed E-state index contributed by atoms with van der Waals surface area (Å²) in [5.74, 6) is -0.281. The van der Waals surface area contributed by atoms with E-state index in [0.29, 0.717) is 24.4 Å². The summed E-state index contributed by atoms with van der Waals surface area (Å²) in [6, 6.07) is 15.8. The Balaban J connectivity index is 1.88. The van der Waals surface area contributed by atoms with Gasteiger partial charge in [-0.15, -0.1) is 0 Å². The molecule has 5 nitrogen and oxygen atoms in total. The fourth-order valence-corrected chi connectivity index (χ4v) is 4.55. The fraction of sp³-hybridized carbons (Fsp3) is 0.316. The molecule has 0 saturated carbocycles. The van der Waals surface area contributed by atoms with Gasteiger partial charge in [0.15, 0.2) is 0 Å². The minimum absolute atomic E-state index is 0.281. The van der Waals surface area contributed by atoms with Gasteiger partial charge in [-0.05, 0) is 36.1 Å². The first-order chi connectivity index (χ1) is 12.4. The van der Waals surface area contributed by atoms with Crippen LogP contribution in [0.4, 0.5) is 0 Å². The van der Waals surface area contributed by atoms with Crippen LogP contribution in [-0.4, -0.2) is 37.5 Å². The third-order valence-corrected chi connectivity index (χ3v) is 6.10. The van der Waals surface area contributed by atoms with Crippen molar-refractivity contribution in [2.75, 3.05) is 12.8 Å². The second kappa shape index (κ2) is 7.78. The summed E-state index contributed by atoms with van der Waals surface area (Å²) in [5, 5.41) is 3.64. The highest BCUT2D eigenvalue weighted by Crippen LogP contribution is 2.26. The predicted molar refractivity (Wildman–Crippen MR) is 102 cm³/mol. The molecule has 0 aliphatic carbocycles. The van der Waals surface area contributed by atoms with Gasteiger partial charge in [0.05, 0.1) is 12.3 Å². The average Bonchev–Trinajstić information content (AvgIpc) is 3.11. The molecule has 1 saturated heterocycles. The lowest BCUT2D eigenvalue weighted by Crippen LogP contribution is -2.46. The number of nitrogens with one attached hydrogen (secondary N) is 1. The summed E-state index contributed by atoms with van der Waals surface area (Å²) < 4.78 is 25.2. The minimum Gasteiger partial charge on any atom is -0.344 e. The summed E-state index contributed by atoms with van der Waals surface area (Å²) in [6.45, 7) is 0.383. The molecule has 1 N–H and O–H groups in total. The number of carbonyl (C=O) groups excluding carboxylic acids is 1. The van der Waals surface area contributed by atoms with Crippen LogP contribution in [0.5, 0.6) is 0 Å². The molecule has 138 valence electrons. The number of halogens is 1. The van der Waals surface area contributed by atoms with Gasteiger partial charge in [0.1, 0.15) is 6.04 Å². The zero-order valence-electron chi connectivity index (χ0n) is 14.4. The first-order valence-electron chi connectivity index (χ1n) is 8.44. The van der Waals surface area contributed by atoms with Gasteiger partial charge in [-0.3, -0.25) is 4.79 Å². The molecule has 1 fully saturated rings. The SMILES string of the molecule is CS(=O)(=O)N1CCCC1C(=O)NC(c1ccccc1)c1ccc(Cl)cc1. The second-order valence-electron chi connectivity index (χ2n) is 6.44. The summed E-state index contributed by atoms with van der Waals surface area (Å²) in [4.78, 5) is 12.9. The fourth-order valence-electron chi connectivity index (χ4n) is 3.30. The van der Waals surface area contributed by atoms with Crippen LogP contribution in [0.3, 0.4) is 0 Å². The number of nitrogens with zero attached hydrogens (tertiary/aromatic N) is 1. The molecular weight excluding hydrogens is 372 g/mol. The molecule has 1 aliphatic rings. The lowest BCUT2D eigenvalue weighted by atomic mass is 9.98. The Labute approximate surface area is 159 Å². The van der Waals surface area contributed by atoms with E-state index in [1.807, 2.05) is 42.5 Å². The third kappa shape index (κ3) is 4.26. The molecule has 0 bridgehead atoms. The van der Waals surface area contributed by atoms with Crippen molar-refractivity contribution in [3.8, 4) is 0 Å². The molecule has 0 aromatic heterocycles. The standard InChI is InChI=1S/C19H21ClN2O3S/c1-26(24,25)22-13-5-8-17(22)19(23)21-18(14-6-3-2-4-7-14)15-9-11-16(20)12-10-15/h2-4,6-7,9-12,17-18H,5,8,13H2,1H3,(H,21,23). The van der Waals surface area contributed by atoms with Gasteiger partial charge in [0, 0.05) is 11.6 Å². The molecule has 1 amide bonds. The van der Waals surface area contributed by atoms with Crippen molar-refractivity contribution in [2.24, 2.45) is 0 Å². The maximum atomic E-state index is 12.9. The van der Waals surface area contributed by atoms with Gasteiger partial charge in [-0.25, -0.2) is 8.42 Å². The smallest absolute Gasteiger partial charge is 0.239 e.